The summed E-state index contributed by atoms with van der Waals surface area (Å²) in [6.07, 6.45) is 5.29. The van der Waals surface area contributed by atoms with E-state index in [4.69, 9.17) is 10.5 Å². The summed E-state index contributed by atoms with van der Waals surface area (Å²) in [6.45, 7) is 5.05. The number of hydrogen-bond donors (Lipinski definition) is 1. The molecule has 0 bridgehead atoms. The molecule has 0 aliphatic carbocycles. The molecule has 0 aliphatic heterocycles. The van der Waals surface area contributed by atoms with E-state index >= 15 is 0 Å². The fourth-order valence-electron chi connectivity index (χ4n) is 1.31. The second-order valence-corrected chi connectivity index (χ2v) is 4.75. The van der Waals surface area contributed by atoms with E-state index in [-0.39, 0.29) is 5.41 Å². The maximum absolute atomic E-state index is 5.67. The van der Waals surface area contributed by atoms with E-state index in [1.807, 2.05) is 24.3 Å². The summed E-state index contributed by atoms with van der Waals surface area (Å²) in [7, 11) is 1.68. The predicted molar refractivity (Wildman–Crippen MR) is 69.5 cm³/mol. The van der Waals surface area contributed by atoms with Crippen molar-refractivity contribution in [3.05, 3.63) is 35.9 Å². The lowest BCUT2D eigenvalue weighted by Crippen LogP contribution is -2.22. The molecule has 1 aromatic carbocycles. The van der Waals surface area contributed by atoms with Gasteiger partial charge < -0.3 is 10.5 Å². The monoisotopic (exact) mass is 219 g/mol. The molecule has 2 N–H and O–H groups in total. The lowest BCUT2D eigenvalue weighted by molar-refractivity contribution is 0.385. The van der Waals surface area contributed by atoms with Gasteiger partial charge in [-0.3, -0.25) is 0 Å². The summed E-state index contributed by atoms with van der Waals surface area (Å²) in [5, 5.41) is 0. The fourth-order valence-corrected chi connectivity index (χ4v) is 1.31. The largest absolute Gasteiger partial charge is 0.497 e. The van der Waals surface area contributed by atoms with Crippen LogP contribution in [0.4, 0.5) is 0 Å². The fraction of sp³-hybridized carbons (Fsp3) is 0.429. The number of allylic oxidation sites excluding steroid dienone is 1. The molecule has 1 aromatic rings. The molecule has 0 amide bonds. The molecule has 2 nitrogen and oxygen atoms in total. The Morgan fingerprint density at radius 2 is 1.88 bits per heavy atom. The molecule has 0 saturated carbocycles. The van der Waals surface area contributed by atoms with Gasteiger partial charge in [-0.2, -0.15) is 0 Å². The van der Waals surface area contributed by atoms with Crippen LogP contribution < -0.4 is 10.5 Å². The minimum absolute atomic E-state index is 0.184. The lowest BCUT2D eigenvalue weighted by atomic mass is 9.89. The predicted octanol–water partition coefficient (Wildman–Crippen LogP) is 3.08. The van der Waals surface area contributed by atoms with Crippen molar-refractivity contribution in [2.24, 2.45) is 11.1 Å². The van der Waals surface area contributed by atoms with E-state index in [1.165, 1.54) is 5.56 Å². The molecule has 0 unspecified atom stereocenters. The van der Waals surface area contributed by atoms with Crippen molar-refractivity contribution >= 4 is 6.08 Å². The van der Waals surface area contributed by atoms with Crippen molar-refractivity contribution in [2.45, 2.75) is 20.3 Å². The average molecular weight is 219 g/mol. The van der Waals surface area contributed by atoms with Crippen molar-refractivity contribution in [3.8, 4) is 5.75 Å². The average Bonchev–Trinajstić information content (AvgIpc) is 2.30. The van der Waals surface area contributed by atoms with Crippen LogP contribution in [-0.2, 0) is 0 Å². The quantitative estimate of drug-likeness (QED) is 0.826. The van der Waals surface area contributed by atoms with Gasteiger partial charge in [0.2, 0.25) is 0 Å². The van der Waals surface area contributed by atoms with Crippen LogP contribution in [0.2, 0.25) is 0 Å². The van der Waals surface area contributed by atoms with Crippen LogP contribution in [0.3, 0.4) is 0 Å². The van der Waals surface area contributed by atoms with E-state index in [0.29, 0.717) is 6.54 Å². The van der Waals surface area contributed by atoms with Crippen LogP contribution in [0, 0.1) is 5.41 Å². The Labute approximate surface area is 98.1 Å². The van der Waals surface area contributed by atoms with Gasteiger partial charge in [-0.25, -0.2) is 0 Å². The maximum atomic E-state index is 5.67. The third kappa shape index (κ3) is 4.07. The Bertz CT molecular complexity index is 338. The lowest BCUT2D eigenvalue weighted by Gasteiger charge is -2.19. The topological polar surface area (TPSA) is 35.2 Å². The molecule has 0 aliphatic rings. The second-order valence-electron chi connectivity index (χ2n) is 4.75. The summed E-state index contributed by atoms with van der Waals surface area (Å²) in [6, 6.07) is 8.02. The number of hydrogen-bond acceptors (Lipinski definition) is 2. The Kier molecular flexibility index (Phi) is 4.56. The molecule has 0 fully saturated rings. The number of methoxy groups -OCH3 is 1. The summed E-state index contributed by atoms with van der Waals surface area (Å²) >= 11 is 0. The molecule has 1 rings (SSSR count). The van der Waals surface area contributed by atoms with Crippen molar-refractivity contribution in [1.29, 1.82) is 0 Å². The molecule has 16 heavy (non-hydrogen) atoms. The van der Waals surface area contributed by atoms with Gasteiger partial charge in [0.05, 0.1) is 7.11 Å². The summed E-state index contributed by atoms with van der Waals surface area (Å²) < 4.78 is 5.10. The van der Waals surface area contributed by atoms with Gasteiger partial charge in [-0.05, 0) is 36.1 Å². The van der Waals surface area contributed by atoms with Gasteiger partial charge >= 0.3 is 0 Å². The normalized spacial score (nSPS) is 12.0. The van der Waals surface area contributed by atoms with Gasteiger partial charge in [0.25, 0.3) is 0 Å². The van der Waals surface area contributed by atoms with Crippen LogP contribution in [0.15, 0.2) is 30.3 Å². The minimum Gasteiger partial charge on any atom is -0.497 e. The van der Waals surface area contributed by atoms with E-state index in [9.17, 15) is 0 Å². The molecule has 0 saturated heterocycles. The molecular weight excluding hydrogens is 198 g/mol. The zero-order chi connectivity index (χ0) is 12.0. The van der Waals surface area contributed by atoms with Crippen molar-refractivity contribution < 1.29 is 4.74 Å². The summed E-state index contributed by atoms with van der Waals surface area (Å²) in [5.41, 5.74) is 7.05. The smallest absolute Gasteiger partial charge is 0.118 e. The van der Waals surface area contributed by atoms with Crippen LogP contribution in [0.1, 0.15) is 25.8 Å². The molecule has 0 heterocycles. The Balaban J connectivity index is 2.56. The zero-order valence-corrected chi connectivity index (χ0v) is 10.4. The van der Waals surface area contributed by atoms with Crippen LogP contribution >= 0.6 is 0 Å². The van der Waals surface area contributed by atoms with E-state index in [1.54, 1.807) is 7.11 Å². The molecule has 0 aromatic heterocycles. The molecule has 0 radical (unpaired) electrons. The first-order valence-electron chi connectivity index (χ1n) is 5.58. The highest BCUT2D eigenvalue weighted by atomic mass is 16.5. The van der Waals surface area contributed by atoms with Crippen LogP contribution in [0.5, 0.6) is 5.75 Å². The number of ether oxygens (including phenoxy) is 1. The molecule has 88 valence electrons. The second kappa shape index (κ2) is 5.71. The van der Waals surface area contributed by atoms with Gasteiger partial charge in [-0.1, -0.05) is 38.1 Å². The van der Waals surface area contributed by atoms with Gasteiger partial charge in [0.15, 0.2) is 0 Å². The molecular formula is C14H21NO. The standard InChI is InChI=1S/C14H21NO/c1-14(2,11-15)10-4-5-12-6-8-13(16-3)9-7-12/h4-9H,10-11,15H2,1-3H3/b5-4+. The van der Waals surface area contributed by atoms with Gasteiger partial charge in [-0.15, -0.1) is 0 Å². The zero-order valence-electron chi connectivity index (χ0n) is 10.4. The van der Waals surface area contributed by atoms with Crippen molar-refractivity contribution in [1.82, 2.24) is 0 Å². The number of nitrogens with two attached hydrogens (primary N) is 1. The number of rotatable bonds is 5. The van der Waals surface area contributed by atoms with Gasteiger partial charge in [0.1, 0.15) is 5.75 Å². The van der Waals surface area contributed by atoms with E-state index < -0.39 is 0 Å². The van der Waals surface area contributed by atoms with E-state index in [2.05, 4.69) is 26.0 Å². The maximum Gasteiger partial charge on any atom is 0.118 e. The Morgan fingerprint density at radius 1 is 1.25 bits per heavy atom. The summed E-state index contributed by atoms with van der Waals surface area (Å²) in [4.78, 5) is 0. The number of benzene rings is 1. The van der Waals surface area contributed by atoms with E-state index in [0.717, 1.165) is 12.2 Å². The third-order valence-electron chi connectivity index (χ3n) is 2.65. The third-order valence-corrected chi connectivity index (χ3v) is 2.65. The highest BCUT2D eigenvalue weighted by Crippen LogP contribution is 2.20. The minimum atomic E-state index is 0.184. The van der Waals surface area contributed by atoms with Crippen molar-refractivity contribution in [3.63, 3.8) is 0 Å². The Hall–Kier alpha value is -1.28. The first kappa shape index (κ1) is 12.8. The first-order valence-corrected chi connectivity index (χ1v) is 5.58. The SMILES string of the molecule is COc1ccc(/C=C/CC(C)(C)CN)cc1. The van der Waals surface area contributed by atoms with Gasteiger partial charge in [0, 0.05) is 0 Å². The van der Waals surface area contributed by atoms with Crippen LogP contribution in [0.25, 0.3) is 6.08 Å². The Morgan fingerprint density at radius 3 is 2.38 bits per heavy atom. The van der Waals surface area contributed by atoms with Crippen LogP contribution in [-0.4, -0.2) is 13.7 Å². The highest BCUT2D eigenvalue weighted by Gasteiger charge is 2.12. The summed E-state index contributed by atoms with van der Waals surface area (Å²) in [5.74, 6) is 0.888. The molecule has 0 atom stereocenters. The molecule has 0 spiro atoms. The highest BCUT2D eigenvalue weighted by molar-refractivity contribution is 5.50. The molecule has 2 heteroatoms. The first-order chi connectivity index (χ1) is 7.57. The van der Waals surface area contributed by atoms with Crippen molar-refractivity contribution in [2.75, 3.05) is 13.7 Å².